The number of anilines is 3. The van der Waals surface area contributed by atoms with Crippen molar-refractivity contribution in [2.75, 3.05) is 4.90 Å². The van der Waals surface area contributed by atoms with Gasteiger partial charge in [0.2, 0.25) is 0 Å². The number of fused-ring (bicyclic) bond motifs is 3. The molecule has 0 saturated heterocycles. The number of hydrogen-bond acceptors (Lipinski definition) is 6. The van der Waals surface area contributed by atoms with E-state index in [0.29, 0.717) is 16.9 Å². The van der Waals surface area contributed by atoms with Crippen LogP contribution in [-0.4, -0.2) is 11.9 Å². The van der Waals surface area contributed by atoms with E-state index in [9.17, 15) is 14.9 Å². The van der Waals surface area contributed by atoms with Gasteiger partial charge in [0.25, 0.3) is 0 Å². The fourth-order valence-electron chi connectivity index (χ4n) is 5.38. The number of aryl methyl sites for hydroxylation is 1. The van der Waals surface area contributed by atoms with E-state index in [1.54, 1.807) is 26.0 Å². The molecule has 6 nitrogen and oxygen atoms in total. The summed E-state index contributed by atoms with van der Waals surface area (Å²) in [4.78, 5) is 27.0. The van der Waals surface area contributed by atoms with E-state index in [-0.39, 0.29) is 28.1 Å². The van der Waals surface area contributed by atoms with Crippen LogP contribution >= 0.6 is 0 Å². The quantitative estimate of drug-likeness (QED) is 0.126. The van der Waals surface area contributed by atoms with Gasteiger partial charge in [0, 0.05) is 40.4 Å². The van der Waals surface area contributed by atoms with Crippen molar-refractivity contribution in [1.29, 1.82) is 5.26 Å². The van der Waals surface area contributed by atoms with Crippen LogP contribution in [0.3, 0.4) is 0 Å². The maximum atomic E-state index is 12.5. The number of nitriles is 1. The van der Waals surface area contributed by atoms with Crippen molar-refractivity contribution in [2.24, 2.45) is 0 Å². The van der Waals surface area contributed by atoms with E-state index in [0.717, 1.165) is 22.4 Å². The fraction of sp³-hybridized carbons (Fsp3) is 0.162. The predicted molar refractivity (Wildman–Crippen MR) is 169 cm³/mol. The van der Waals surface area contributed by atoms with Crippen LogP contribution in [0, 0.1) is 18.3 Å². The van der Waals surface area contributed by atoms with Gasteiger partial charge in [-0.25, -0.2) is 9.59 Å². The van der Waals surface area contributed by atoms with Crippen LogP contribution in [0.2, 0.25) is 0 Å². The minimum Gasteiger partial charge on any atom is -0.423 e. The molecule has 0 heterocycles. The van der Waals surface area contributed by atoms with Crippen LogP contribution in [0.4, 0.5) is 17.1 Å². The Kier molecular flexibility index (Phi) is 7.52. The number of rotatable bonds is 7. The highest BCUT2D eigenvalue weighted by Crippen LogP contribution is 2.51. The largest absolute Gasteiger partial charge is 0.423 e. The Hall–Kier alpha value is -5.41. The average Bonchev–Trinajstić information content (AvgIpc) is 3.20. The minimum atomic E-state index is -0.619. The Morgan fingerprint density at radius 2 is 1.37 bits per heavy atom. The van der Waals surface area contributed by atoms with Crippen LogP contribution < -0.4 is 14.4 Å². The number of hydrogen-bond donors (Lipinski definition) is 0. The van der Waals surface area contributed by atoms with E-state index in [1.807, 2.05) is 42.2 Å². The van der Waals surface area contributed by atoms with Gasteiger partial charge < -0.3 is 14.4 Å². The lowest BCUT2D eigenvalue weighted by Crippen LogP contribution is -2.17. The number of ether oxygens (including phenoxy) is 2. The van der Waals surface area contributed by atoms with Crippen LogP contribution in [-0.2, 0) is 15.0 Å². The van der Waals surface area contributed by atoms with E-state index in [2.05, 4.69) is 63.4 Å². The third-order valence-electron chi connectivity index (χ3n) is 7.58. The van der Waals surface area contributed by atoms with Gasteiger partial charge in [-0.3, -0.25) is 0 Å². The summed E-state index contributed by atoms with van der Waals surface area (Å²) >= 11 is 0. The van der Waals surface area contributed by atoms with Gasteiger partial charge in [-0.1, -0.05) is 63.4 Å². The maximum absolute atomic E-state index is 12.5. The first-order chi connectivity index (χ1) is 20.4. The molecule has 1 aliphatic rings. The summed E-state index contributed by atoms with van der Waals surface area (Å²) in [6.07, 6.45) is 0. The first-order valence-corrected chi connectivity index (χ1v) is 13.9. The molecule has 5 rings (SSSR count). The van der Waals surface area contributed by atoms with Crippen LogP contribution in [0.15, 0.2) is 103 Å². The summed E-state index contributed by atoms with van der Waals surface area (Å²) in [6, 6.07) is 27.4. The smallest absolute Gasteiger partial charge is 0.338 e. The molecule has 1 aliphatic carbocycles. The topological polar surface area (TPSA) is 79.6 Å². The van der Waals surface area contributed by atoms with Crippen molar-refractivity contribution in [3.05, 3.63) is 125 Å². The summed E-state index contributed by atoms with van der Waals surface area (Å²) in [6.45, 7) is 16.8. The number of benzene rings is 4. The molecule has 43 heavy (non-hydrogen) atoms. The lowest BCUT2D eigenvalue weighted by Gasteiger charge is -2.29. The Labute approximate surface area is 252 Å². The third-order valence-corrected chi connectivity index (χ3v) is 7.58. The maximum Gasteiger partial charge on any atom is 0.338 e. The van der Waals surface area contributed by atoms with Crippen molar-refractivity contribution < 1.29 is 19.1 Å². The Morgan fingerprint density at radius 3 is 1.98 bits per heavy atom. The molecule has 4 aromatic carbocycles. The molecule has 0 aliphatic heterocycles. The van der Waals surface area contributed by atoms with Gasteiger partial charge in [0.05, 0.1) is 16.9 Å². The van der Waals surface area contributed by atoms with Crippen LogP contribution in [0.1, 0.15) is 49.9 Å². The second kappa shape index (κ2) is 11.1. The molecule has 4 aromatic rings. The van der Waals surface area contributed by atoms with Gasteiger partial charge in [-0.2, -0.15) is 5.26 Å². The first kappa shape index (κ1) is 29.1. The summed E-state index contributed by atoms with van der Waals surface area (Å²) in [5.74, 6) is -0.934. The zero-order valence-corrected chi connectivity index (χ0v) is 24.9. The normalized spacial score (nSPS) is 12.4. The highest BCUT2D eigenvalue weighted by molar-refractivity contribution is 5.91. The molecule has 6 heteroatoms. The van der Waals surface area contributed by atoms with Crippen LogP contribution in [0.5, 0.6) is 11.5 Å². The van der Waals surface area contributed by atoms with Crippen LogP contribution in [0.25, 0.3) is 11.1 Å². The standard InChI is InChI=1S/C37H32N2O4/c1-22(2)35(40)42-28-17-27(18-29(20-28)43-36(41)23(3)4)39(34-15-12-24(5)16-25(34)21-38)26-13-14-31-30-10-8-9-11-32(30)37(6,7)33(31)19-26/h8-20H,1,3H2,2,4-7H3. The van der Waals surface area contributed by atoms with Crippen molar-refractivity contribution in [2.45, 2.75) is 40.0 Å². The average molecular weight is 569 g/mol. The molecular formula is C37H32N2O4. The molecule has 0 radical (unpaired) electrons. The SMILES string of the molecule is C=C(C)C(=O)Oc1cc(OC(=O)C(=C)C)cc(N(c2ccc3c(c2)C(C)(C)c2ccccc2-3)c2ccc(C)cc2C#N)c1. The molecule has 0 amide bonds. The van der Waals surface area contributed by atoms with Crippen molar-refractivity contribution in [3.63, 3.8) is 0 Å². The minimum absolute atomic E-state index is 0.152. The third kappa shape index (κ3) is 5.45. The van der Waals surface area contributed by atoms with Crippen molar-refractivity contribution in [3.8, 4) is 28.7 Å². The second-order valence-corrected chi connectivity index (χ2v) is 11.4. The van der Waals surface area contributed by atoms with Gasteiger partial charge in [-0.05, 0) is 72.9 Å². The fourth-order valence-corrected chi connectivity index (χ4v) is 5.38. The molecule has 214 valence electrons. The first-order valence-electron chi connectivity index (χ1n) is 13.9. The highest BCUT2D eigenvalue weighted by atomic mass is 16.5. The zero-order chi connectivity index (χ0) is 31.1. The number of carbonyl (C=O) groups is 2. The van der Waals surface area contributed by atoms with E-state index in [4.69, 9.17) is 9.47 Å². The lowest BCUT2D eigenvalue weighted by atomic mass is 9.82. The summed E-state index contributed by atoms with van der Waals surface area (Å²) in [5.41, 5.74) is 8.18. The molecule has 0 fully saturated rings. The molecule has 0 saturated carbocycles. The van der Waals surface area contributed by atoms with Crippen molar-refractivity contribution in [1.82, 2.24) is 0 Å². The van der Waals surface area contributed by atoms with Crippen molar-refractivity contribution >= 4 is 29.0 Å². The molecule has 0 unspecified atom stereocenters. The molecular weight excluding hydrogens is 536 g/mol. The van der Waals surface area contributed by atoms with E-state index < -0.39 is 11.9 Å². The Morgan fingerprint density at radius 1 is 0.767 bits per heavy atom. The zero-order valence-electron chi connectivity index (χ0n) is 24.9. The Bertz CT molecular complexity index is 1830. The summed E-state index contributed by atoms with van der Waals surface area (Å²) in [5, 5.41) is 10.2. The molecule has 0 atom stereocenters. The monoisotopic (exact) mass is 568 g/mol. The lowest BCUT2D eigenvalue weighted by molar-refractivity contribution is -0.130. The number of nitrogens with zero attached hydrogens (tertiary/aromatic N) is 2. The van der Waals surface area contributed by atoms with Gasteiger partial charge in [-0.15, -0.1) is 0 Å². The number of carbonyl (C=O) groups excluding carboxylic acids is 2. The summed E-state index contributed by atoms with van der Waals surface area (Å²) in [7, 11) is 0. The van der Waals surface area contributed by atoms with E-state index >= 15 is 0 Å². The highest BCUT2D eigenvalue weighted by Gasteiger charge is 2.36. The number of esters is 2. The molecule has 0 bridgehead atoms. The van der Waals surface area contributed by atoms with Gasteiger partial charge in [0.1, 0.15) is 17.6 Å². The van der Waals surface area contributed by atoms with Gasteiger partial charge in [0.15, 0.2) is 0 Å². The Balaban J connectivity index is 1.75. The second-order valence-electron chi connectivity index (χ2n) is 11.4. The molecule has 0 spiro atoms. The van der Waals surface area contributed by atoms with Gasteiger partial charge >= 0.3 is 11.9 Å². The predicted octanol–water partition coefficient (Wildman–Crippen LogP) is 8.61. The summed E-state index contributed by atoms with van der Waals surface area (Å²) < 4.78 is 11.2. The van der Waals surface area contributed by atoms with E-state index in [1.165, 1.54) is 17.2 Å². The molecule has 0 N–H and O–H groups in total. The molecule has 0 aromatic heterocycles.